The van der Waals surface area contributed by atoms with Gasteiger partial charge in [-0.3, -0.25) is 14.6 Å². The maximum Gasteiger partial charge on any atom is 0.407 e. The molecule has 1 heterocycles. The highest BCUT2D eigenvalue weighted by atomic mass is 16.5. The summed E-state index contributed by atoms with van der Waals surface area (Å²) in [5.41, 5.74) is 4.94. The second-order valence-corrected chi connectivity index (χ2v) is 8.58. The van der Waals surface area contributed by atoms with Gasteiger partial charge in [0.25, 0.3) is 5.91 Å². The van der Waals surface area contributed by atoms with Crippen LogP contribution >= 0.6 is 0 Å². The quantitative estimate of drug-likeness (QED) is 0.534. The van der Waals surface area contributed by atoms with Gasteiger partial charge >= 0.3 is 6.09 Å². The Labute approximate surface area is 198 Å². The van der Waals surface area contributed by atoms with Crippen LogP contribution in [0.1, 0.15) is 41.3 Å². The first-order valence-corrected chi connectivity index (χ1v) is 11.3. The first kappa shape index (κ1) is 23.2. The molecule has 174 valence electrons. The third-order valence-corrected chi connectivity index (χ3v) is 6.00. The molecule has 1 atom stereocenters. The average molecular weight is 458 g/mol. The summed E-state index contributed by atoms with van der Waals surface area (Å²) in [6, 6.07) is 18.5. The number of hydrogen-bond acceptors (Lipinski definition) is 5. The van der Waals surface area contributed by atoms with E-state index in [0.29, 0.717) is 5.56 Å². The molecule has 1 aromatic heterocycles. The number of nitrogens with one attached hydrogen (secondary N) is 2. The van der Waals surface area contributed by atoms with Gasteiger partial charge < -0.3 is 15.4 Å². The molecule has 7 heteroatoms. The number of alkyl carbamates (subject to hydrolysis) is 1. The van der Waals surface area contributed by atoms with Crippen molar-refractivity contribution in [2.24, 2.45) is 5.92 Å². The number of carbonyl (C=O) groups is 3. The maximum atomic E-state index is 12.7. The zero-order chi connectivity index (χ0) is 24.1. The van der Waals surface area contributed by atoms with Crippen molar-refractivity contribution in [3.05, 3.63) is 89.7 Å². The minimum Gasteiger partial charge on any atom is -0.449 e. The van der Waals surface area contributed by atoms with Crippen molar-refractivity contribution in [3.8, 4) is 11.1 Å². The normalized spacial score (nSPS) is 13.0. The van der Waals surface area contributed by atoms with E-state index < -0.39 is 12.1 Å². The van der Waals surface area contributed by atoms with Gasteiger partial charge in [-0.05, 0) is 40.3 Å². The van der Waals surface area contributed by atoms with Crippen molar-refractivity contribution in [3.63, 3.8) is 0 Å². The summed E-state index contributed by atoms with van der Waals surface area (Å²) in [6.45, 7) is 3.62. The van der Waals surface area contributed by atoms with E-state index in [9.17, 15) is 14.4 Å². The summed E-state index contributed by atoms with van der Waals surface area (Å²) < 4.78 is 5.57. The van der Waals surface area contributed by atoms with Crippen LogP contribution in [0.5, 0.6) is 0 Å². The van der Waals surface area contributed by atoms with E-state index >= 15 is 0 Å². The molecule has 0 fully saturated rings. The average Bonchev–Trinajstić information content (AvgIpc) is 3.18. The molecule has 3 aromatic rings. The highest BCUT2D eigenvalue weighted by Gasteiger charge is 2.30. The van der Waals surface area contributed by atoms with Crippen molar-refractivity contribution in [2.75, 3.05) is 13.2 Å². The number of carbonyl (C=O) groups excluding carboxylic acids is 3. The molecular formula is C27H27N3O4. The molecule has 1 aliphatic carbocycles. The van der Waals surface area contributed by atoms with Crippen LogP contribution in [0.25, 0.3) is 11.1 Å². The predicted molar refractivity (Wildman–Crippen MR) is 128 cm³/mol. The Balaban J connectivity index is 1.35. The molecule has 34 heavy (non-hydrogen) atoms. The Morgan fingerprint density at radius 3 is 2.09 bits per heavy atom. The highest BCUT2D eigenvalue weighted by molar-refractivity contribution is 5.98. The number of aromatic nitrogens is 1. The fraction of sp³-hybridized carbons (Fsp3) is 0.259. The number of fused-ring (bicyclic) bond motifs is 3. The fourth-order valence-corrected chi connectivity index (χ4v) is 4.27. The SMILES string of the molecule is CC(C)[C@H](NC(=O)OCC1c2ccccc2-c2ccccc21)C(=O)CNC(=O)c1ccncc1. The number of ether oxygens (including phenoxy) is 1. The van der Waals surface area contributed by atoms with E-state index in [2.05, 4.69) is 27.8 Å². The number of pyridine rings is 1. The molecule has 2 aromatic carbocycles. The fourth-order valence-electron chi connectivity index (χ4n) is 4.27. The second kappa shape index (κ2) is 10.3. The molecule has 0 saturated heterocycles. The molecule has 2 amide bonds. The van der Waals surface area contributed by atoms with Gasteiger partial charge in [-0.1, -0.05) is 62.4 Å². The zero-order valence-corrected chi connectivity index (χ0v) is 19.2. The summed E-state index contributed by atoms with van der Waals surface area (Å²) in [4.78, 5) is 41.5. The molecule has 1 aliphatic rings. The Morgan fingerprint density at radius 2 is 1.50 bits per heavy atom. The number of amides is 2. The topological polar surface area (TPSA) is 97.4 Å². The van der Waals surface area contributed by atoms with Gasteiger partial charge in [0.2, 0.25) is 0 Å². The van der Waals surface area contributed by atoms with Crippen LogP contribution in [-0.2, 0) is 9.53 Å². The van der Waals surface area contributed by atoms with Crippen molar-refractivity contribution in [1.29, 1.82) is 0 Å². The van der Waals surface area contributed by atoms with E-state index in [-0.39, 0.29) is 36.7 Å². The van der Waals surface area contributed by atoms with Gasteiger partial charge in [-0.25, -0.2) is 4.79 Å². The minimum absolute atomic E-state index is 0.0639. The largest absolute Gasteiger partial charge is 0.449 e. The number of Topliss-reactive ketones (excluding diaryl/α,β-unsaturated/α-hetero) is 1. The minimum atomic E-state index is -0.784. The zero-order valence-electron chi connectivity index (χ0n) is 19.2. The van der Waals surface area contributed by atoms with Crippen LogP contribution in [0.2, 0.25) is 0 Å². The molecule has 0 aliphatic heterocycles. The van der Waals surface area contributed by atoms with Crippen molar-refractivity contribution >= 4 is 17.8 Å². The molecule has 0 saturated carbocycles. The van der Waals surface area contributed by atoms with Crippen molar-refractivity contribution in [2.45, 2.75) is 25.8 Å². The number of hydrogen-bond donors (Lipinski definition) is 2. The first-order valence-electron chi connectivity index (χ1n) is 11.3. The van der Waals surface area contributed by atoms with Crippen LogP contribution in [-0.4, -0.2) is 42.0 Å². The highest BCUT2D eigenvalue weighted by Crippen LogP contribution is 2.44. The number of benzene rings is 2. The summed E-state index contributed by atoms with van der Waals surface area (Å²) in [5, 5.41) is 5.28. The van der Waals surface area contributed by atoms with E-state index in [1.807, 2.05) is 50.2 Å². The Hall–Kier alpha value is -4.00. The first-order chi connectivity index (χ1) is 16.5. The molecule has 4 rings (SSSR count). The summed E-state index contributed by atoms with van der Waals surface area (Å²) in [6.07, 6.45) is 2.35. The lowest BCUT2D eigenvalue weighted by atomic mass is 9.98. The third kappa shape index (κ3) is 4.98. The van der Waals surface area contributed by atoms with Crippen molar-refractivity contribution < 1.29 is 19.1 Å². The van der Waals surface area contributed by atoms with Crippen LogP contribution in [0.15, 0.2) is 73.1 Å². The molecule has 2 N–H and O–H groups in total. The second-order valence-electron chi connectivity index (χ2n) is 8.58. The third-order valence-electron chi connectivity index (χ3n) is 6.00. The Kier molecular flexibility index (Phi) is 7.01. The van der Waals surface area contributed by atoms with Gasteiger partial charge in [0.05, 0.1) is 12.6 Å². The van der Waals surface area contributed by atoms with Crippen LogP contribution in [0.3, 0.4) is 0 Å². The van der Waals surface area contributed by atoms with Gasteiger partial charge in [-0.15, -0.1) is 0 Å². The smallest absolute Gasteiger partial charge is 0.407 e. The molecule has 0 bridgehead atoms. The summed E-state index contributed by atoms with van der Waals surface area (Å²) in [5.74, 6) is -0.915. The van der Waals surface area contributed by atoms with Crippen LogP contribution < -0.4 is 10.6 Å². The summed E-state index contributed by atoms with van der Waals surface area (Å²) in [7, 11) is 0. The van der Waals surface area contributed by atoms with Crippen molar-refractivity contribution in [1.82, 2.24) is 15.6 Å². The lowest BCUT2D eigenvalue weighted by molar-refractivity contribution is -0.121. The van der Waals surface area contributed by atoms with E-state index in [1.54, 1.807) is 12.1 Å². The summed E-state index contributed by atoms with van der Waals surface area (Å²) >= 11 is 0. The van der Waals surface area contributed by atoms with E-state index in [1.165, 1.54) is 12.4 Å². The van der Waals surface area contributed by atoms with Gasteiger partial charge in [0.1, 0.15) is 6.61 Å². The Morgan fingerprint density at radius 1 is 0.912 bits per heavy atom. The molecule has 0 unspecified atom stereocenters. The van der Waals surface area contributed by atoms with E-state index in [0.717, 1.165) is 22.3 Å². The van der Waals surface area contributed by atoms with E-state index in [4.69, 9.17) is 4.74 Å². The predicted octanol–water partition coefficient (Wildman–Crippen LogP) is 3.94. The van der Waals surface area contributed by atoms with Crippen LogP contribution in [0.4, 0.5) is 4.79 Å². The molecule has 0 radical (unpaired) electrons. The van der Waals surface area contributed by atoms with Gasteiger partial charge in [-0.2, -0.15) is 0 Å². The lowest BCUT2D eigenvalue weighted by Gasteiger charge is -2.22. The number of nitrogens with zero attached hydrogens (tertiary/aromatic N) is 1. The lowest BCUT2D eigenvalue weighted by Crippen LogP contribution is -2.48. The van der Waals surface area contributed by atoms with Gasteiger partial charge in [0, 0.05) is 23.9 Å². The molecular weight excluding hydrogens is 430 g/mol. The standard InChI is InChI=1S/C27H27N3O4/c1-17(2)25(24(31)15-29-26(32)18-11-13-28-14-12-18)30-27(33)34-16-23-21-9-5-3-7-19(21)20-8-4-6-10-22(20)23/h3-14,17,23,25H,15-16H2,1-2H3,(H,29,32)(H,30,33)/t25-/m0/s1. The van der Waals surface area contributed by atoms with Crippen LogP contribution in [0, 0.1) is 5.92 Å². The monoisotopic (exact) mass is 457 g/mol. The molecule has 0 spiro atoms. The van der Waals surface area contributed by atoms with Gasteiger partial charge in [0.15, 0.2) is 5.78 Å². The maximum absolute atomic E-state index is 12.7. The Bertz CT molecular complexity index is 1150. The number of rotatable bonds is 8. The molecule has 7 nitrogen and oxygen atoms in total. The number of ketones is 1.